The van der Waals surface area contributed by atoms with Gasteiger partial charge >= 0.3 is 6.09 Å². The smallest absolute Gasteiger partial charge is 0.410 e. The number of nitrogens with one attached hydrogen (secondary N) is 2. The van der Waals surface area contributed by atoms with Gasteiger partial charge in [0.2, 0.25) is 11.8 Å². The number of carbonyl (C=O) groups is 3. The van der Waals surface area contributed by atoms with Crippen molar-refractivity contribution in [2.75, 3.05) is 19.6 Å². The molecule has 0 atom stereocenters. The number of aromatic nitrogens is 1. The molecule has 0 aliphatic rings. The summed E-state index contributed by atoms with van der Waals surface area (Å²) in [6.45, 7) is 6.52. The topological polar surface area (TPSA) is 101 Å². The van der Waals surface area contributed by atoms with Gasteiger partial charge in [0, 0.05) is 25.5 Å². The van der Waals surface area contributed by atoms with E-state index in [1.165, 1.54) is 0 Å². The molecule has 0 spiro atoms. The summed E-state index contributed by atoms with van der Waals surface area (Å²) in [4.78, 5) is 42.2. The van der Waals surface area contributed by atoms with Gasteiger partial charge in [0.15, 0.2) is 0 Å². The molecule has 8 nitrogen and oxygen atoms in total. The number of pyridine rings is 1. The maximum atomic E-state index is 12.6. The Morgan fingerprint density at radius 1 is 0.969 bits per heavy atom. The van der Waals surface area contributed by atoms with Crippen LogP contribution < -0.4 is 10.6 Å². The third-order valence-corrected chi connectivity index (χ3v) is 4.33. The number of benzene rings is 1. The first-order valence-electron chi connectivity index (χ1n) is 10.7. The highest BCUT2D eigenvalue weighted by atomic mass is 16.6. The molecule has 1 heterocycles. The number of ether oxygens (including phenoxy) is 1. The van der Waals surface area contributed by atoms with Crippen molar-refractivity contribution in [1.29, 1.82) is 0 Å². The minimum Gasteiger partial charge on any atom is -0.444 e. The Balaban J connectivity index is 1.74. The summed E-state index contributed by atoms with van der Waals surface area (Å²) in [6.07, 6.45) is 3.74. The van der Waals surface area contributed by atoms with Crippen LogP contribution in [0.15, 0.2) is 54.9 Å². The van der Waals surface area contributed by atoms with Crippen LogP contribution in [0.5, 0.6) is 0 Å². The Bertz CT molecular complexity index is 867. The van der Waals surface area contributed by atoms with Gasteiger partial charge in [-0.15, -0.1) is 0 Å². The van der Waals surface area contributed by atoms with Crippen LogP contribution in [0, 0.1) is 0 Å². The monoisotopic (exact) mass is 440 g/mol. The fourth-order valence-corrected chi connectivity index (χ4v) is 2.86. The maximum absolute atomic E-state index is 12.6. The largest absolute Gasteiger partial charge is 0.444 e. The van der Waals surface area contributed by atoms with Gasteiger partial charge in [-0.2, -0.15) is 0 Å². The second-order valence-corrected chi connectivity index (χ2v) is 8.41. The lowest BCUT2D eigenvalue weighted by molar-refractivity contribution is -0.125. The molecule has 0 saturated carbocycles. The van der Waals surface area contributed by atoms with E-state index < -0.39 is 11.7 Å². The van der Waals surface area contributed by atoms with Crippen molar-refractivity contribution in [3.63, 3.8) is 0 Å². The predicted molar refractivity (Wildman–Crippen MR) is 122 cm³/mol. The van der Waals surface area contributed by atoms with Crippen molar-refractivity contribution >= 4 is 17.9 Å². The van der Waals surface area contributed by atoms with Gasteiger partial charge in [-0.1, -0.05) is 36.4 Å². The molecule has 1 aromatic heterocycles. The molecule has 3 amide bonds. The number of nitrogens with zero attached hydrogens (tertiary/aromatic N) is 2. The predicted octanol–water partition coefficient (Wildman–Crippen LogP) is 2.68. The minimum absolute atomic E-state index is 0.0862. The zero-order valence-electron chi connectivity index (χ0n) is 19.0. The van der Waals surface area contributed by atoms with Crippen molar-refractivity contribution in [3.8, 4) is 0 Å². The highest BCUT2D eigenvalue weighted by Crippen LogP contribution is 2.12. The third kappa shape index (κ3) is 10.1. The van der Waals surface area contributed by atoms with Crippen molar-refractivity contribution in [1.82, 2.24) is 20.5 Å². The summed E-state index contributed by atoms with van der Waals surface area (Å²) in [5.74, 6) is -0.485. The van der Waals surface area contributed by atoms with Crippen LogP contribution >= 0.6 is 0 Å². The lowest BCUT2D eigenvalue weighted by atomic mass is 10.1. The molecule has 8 heteroatoms. The summed E-state index contributed by atoms with van der Waals surface area (Å²) < 4.78 is 5.50. The third-order valence-electron chi connectivity index (χ3n) is 4.33. The molecule has 0 radical (unpaired) electrons. The summed E-state index contributed by atoms with van der Waals surface area (Å²) >= 11 is 0. The Kier molecular flexibility index (Phi) is 9.66. The SMILES string of the molecule is CC(C)(C)OC(=O)N(CCCNC(=O)CNC(=O)Cc1ccccc1)Cc1cccnc1. The zero-order valence-corrected chi connectivity index (χ0v) is 19.0. The van der Waals surface area contributed by atoms with Gasteiger partial charge in [0.05, 0.1) is 19.5 Å². The summed E-state index contributed by atoms with van der Waals surface area (Å²) in [5.41, 5.74) is 1.18. The fraction of sp³-hybridized carbons (Fsp3) is 0.417. The molecule has 0 saturated heterocycles. The molecule has 0 aliphatic heterocycles. The average molecular weight is 441 g/mol. The van der Waals surface area contributed by atoms with Gasteiger partial charge < -0.3 is 20.3 Å². The molecule has 0 unspecified atom stereocenters. The fourth-order valence-electron chi connectivity index (χ4n) is 2.86. The van der Waals surface area contributed by atoms with E-state index in [1.54, 1.807) is 17.3 Å². The van der Waals surface area contributed by atoms with Crippen LogP contribution in [0.4, 0.5) is 4.79 Å². The molecule has 1 aromatic carbocycles. The molecular weight excluding hydrogens is 408 g/mol. The average Bonchev–Trinajstić information content (AvgIpc) is 2.74. The lowest BCUT2D eigenvalue weighted by Crippen LogP contribution is -2.40. The van der Waals surface area contributed by atoms with Crippen LogP contribution in [0.1, 0.15) is 38.3 Å². The van der Waals surface area contributed by atoms with E-state index in [0.717, 1.165) is 11.1 Å². The van der Waals surface area contributed by atoms with Crippen LogP contribution in [0.25, 0.3) is 0 Å². The first-order valence-corrected chi connectivity index (χ1v) is 10.7. The molecule has 2 aromatic rings. The number of carbonyl (C=O) groups excluding carboxylic acids is 3. The van der Waals surface area contributed by atoms with Crippen LogP contribution in [0.2, 0.25) is 0 Å². The van der Waals surface area contributed by atoms with Crippen molar-refractivity contribution in [2.24, 2.45) is 0 Å². The maximum Gasteiger partial charge on any atom is 0.410 e. The number of hydrogen-bond acceptors (Lipinski definition) is 5. The van der Waals surface area contributed by atoms with Crippen LogP contribution in [0.3, 0.4) is 0 Å². The molecule has 172 valence electrons. The second-order valence-electron chi connectivity index (χ2n) is 8.41. The summed E-state index contributed by atoms with van der Waals surface area (Å²) in [6, 6.07) is 13.0. The number of rotatable bonds is 10. The quantitative estimate of drug-likeness (QED) is 0.553. The second kappa shape index (κ2) is 12.4. The van der Waals surface area contributed by atoms with Gasteiger partial charge in [0.1, 0.15) is 5.60 Å². The van der Waals surface area contributed by atoms with Gasteiger partial charge in [-0.25, -0.2) is 4.79 Å². The van der Waals surface area contributed by atoms with Crippen molar-refractivity contribution in [3.05, 3.63) is 66.0 Å². The minimum atomic E-state index is -0.601. The summed E-state index contributed by atoms with van der Waals surface area (Å²) in [5, 5.41) is 5.38. The standard InChI is InChI=1S/C24H32N4O4/c1-24(2,3)32-23(31)28(18-20-11-7-12-25-16-20)14-8-13-26-22(30)17-27-21(29)15-19-9-5-4-6-10-19/h4-7,9-12,16H,8,13-15,17-18H2,1-3H3,(H,26,30)(H,27,29). The van der Waals surface area contributed by atoms with E-state index in [4.69, 9.17) is 4.74 Å². The Morgan fingerprint density at radius 2 is 1.69 bits per heavy atom. The van der Waals surface area contributed by atoms with E-state index in [-0.39, 0.29) is 24.8 Å². The van der Waals surface area contributed by atoms with Crippen molar-refractivity contribution in [2.45, 2.75) is 45.8 Å². The molecule has 0 fully saturated rings. The molecule has 0 aliphatic carbocycles. The van der Waals surface area contributed by atoms with Crippen molar-refractivity contribution < 1.29 is 19.1 Å². The number of amides is 3. The van der Waals surface area contributed by atoms with E-state index >= 15 is 0 Å². The highest BCUT2D eigenvalue weighted by Gasteiger charge is 2.22. The van der Waals surface area contributed by atoms with E-state index in [2.05, 4.69) is 15.6 Å². The van der Waals surface area contributed by atoms with E-state index in [0.29, 0.717) is 26.1 Å². The molecular formula is C24H32N4O4. The highest BCUT2D eigenvalue weighted by molar-refractivity contribution is 5.85. The molecule has 0 bridgehead atoms. The molecule has 2 N–H and O–H groups in total. The first-order chi connectivity index (χ1) is 15.2. The normalized spacial score (nSPS) is 10.8. The Hall–Kier alpha value is -3.42. The lowest BCUT2D eigenvalue weighted by Gasteiger charge is -2.27. The van der Waals surface area contributed by atoms with Crippen LogP contribution in [-0.2, 0) is 27.3 Å². The Morgan fingerprint density at radius 3 is 2.34 bits per heavy atom. The van der Waals surface area contributed by atoms with E-state index in [1.807, 2.05) is 63.2 Å². The van der Waals surface area contributed by atoms with Gasteiger partial charge in [-0.3, -0.25) is 14.6 Å². The first kappa shape index (κ1) is 24.8. The number of hydrogen-bond donors (Lipinski definition) is 2. The van der Waals surface area contributed by atoms with Gasteiger partial charge in [0.25, 0.3) is 0 Å². The molecule has 32 heavy (non-hydrogen) atoms. The summed E-state index contributed by atoms with van der Waals surface area (Å²) in [7, 11) is 0. The van der Waals surface area contributed by atoms with E-state index in [9.17, 15) is 14.4 Å². The van der Waals surface area contributed by atoms with Gasteiger partial charge in [-0.05, 0) is 44.4 Å². The Labute approximate surface area is 189 Å². The molecule has 2 rings (SSSR count). The van der Waals surface area contributed by atoms with Crippen LogP contribution in [-0.4, -0.2) is 53.0 Å². The zero-order chi connectivity index (χ0) is 23.4.